The molecular weight excluding hydrogens is 401 g/mol. The minimum absolute atomic E-state index is 0. The van der Waals surface area contributed by atoms with Crippen molar-refractivity contribution in [1.82, 2.24) is 14.8 Å². The van der Waals surface area contributed by atoms with Crippen LogP contribution in [0, 0.1) is 5.82 Å². The van der Waals surface area contributed by atoms with E-state index in [1.165, 1.54) is 25.0 Å². The van der Waals surface area contributed by atoms with Gasteiger partial charge in [-0.15, -0.1) is 12.4 Å². The lowest BCUT2D eigenvalue weighted by atomic mass is 9.97. The van der Waals surface area contributed by atoms with Gasteiger partial charge in [0.25, 0.3) is 5.91 Å². The zero-order valence-corrected chi connectivity index (χ0v) is 18.1. The molecule has 1 aromatic heterocycles. The number of fused-ring (bicyclic) bond motifs is 3. The summed E-state index contributed by atoms with van der Waals surface area (Å²) in [7, 11) is 4.14. The van der Waals surface area contributed by atoms with Crippen molar-refractivity contribution in [3.8, 4) is 11.3 Å². The van der Waals surface area contributed by atoms with Gasteiger partial charge in [0, 0.05) is 36.1 Å². The molecule has 3 atom stereocenters. The van der Waals surface area contributed by atoms with Crippen molar-refractivity contribution >= 4 is 29.2 Å². The van der Waals surface area contributed by atoms with Gasteiger partial charge in [-0.3, -0.25) is 4.79 Å². The molecule has 3 aromatic rings. The van der Waals surface area contributed by atoms with Crippen LogP contribution < -0.4 is 5.32 Å². The number of aromatic nitrogens is 1. The predicted molar refractivity (Wildman–Crippen MR) is 121 cm³/mol. The van der Waals surface area contributed by atoms with Crippen molar-refractivity contribution in [2.45, 2.75) is 43.8 Å². The Balaban J connectivity index is 0.00000218. The zero-order chi connectivity index (χ0) is 20.1. The van der Waals surface area contributed by atoms with Crippen LogP contribution in [-0.4, -0.2) is 40.5 Å². The average Bonchev–Trinajstić information content (AvgIpc) is 3.09. The standard InChI is InChI=1S/C24H26FN3O.ClH/c1-27-18-9-10-19(27)14-17(13-18)26-24(29)22-20-12-16(25)8-11-21(20)28(2)23(22)15-6-4-3-5-7-15;/h3-8,11-12,17-19H,9-10,13-14H2,1-2H3,(H,26,29);1H/t17?,18-,19+;. The molecule has 6 heteroatoms. The van der Waals surface area contributed by atoms with Gasteiger partial charge in [-0.2, -0.15) is 0 Å². The van der Waals surface area contributed by atoms with Gasteiger partial charge in [-0.1, -0.05) is 30.3 Å². The summed E-state index contributed by atoms with van der Waals surface area (Å²) in [6.07, 6.45) is 4.39. The van der Waals surface area contributed by atoms with Gasteiger partial charge in [0.15, 0.2) is 0 Å². The van der Waals surface area contributed by atoms with Crippen LogP contribution in [0.2, 0.25) is 0 Å². The Kier molecular flexibility index (Phi) is 5.60. The van der Waals surface area contributed by atoms with Crippen LogP contribution in [0.1, 0.15) is 36.0 Å². The van der Waals surface area contributed by atoms with Crippen LogP contribution in [0.5, 0.6) is 0 Å². The highest BCUT2D eigenvalue weighted by molar-refractivity contribution is 6.12. The Labute approximate surface area is 182 Å². The van der Waals surface area contributed by atoms with Crippen molar-refractivity contribution in [3.05, 3.63) is 59.9 Å². The summed E-state index contributed by atoms with van der Waals surface area (Å²) in [5, 5.41) is 3.96. The highest BCUT2D eigenvalue weighted by Crippen LogP contribution is 2.36. The molecule has 1 N–H and O–H groups in total. The molecule has 2 fully saturated rings. The molecule has 0 aliphatic carbocycles. The fourth-order valence-electron chi connectivity index (χ4n) is 5.37. The number of carbonyl (C=O) groups excluding carboxylic acids is 1. The van der Waals surface area contributed by atoms with Gasteiger partial charge in [-0.05, 0) is 56.5 Å². The smallest absolute Gasteiger partial charge is 0.254 e. The van der Waals surface area contributed by atoms with E-state index in [0.717, 1.165) is 29.6 Å². The molecule has 4 nitrogen and oxygen atoms in total. The second-order valence-electron chi connectivity index (χ2n) is 8.50. The van der Waals surface area contributed by atoms with Crippen molar-refractivity contribution in [3.63, 3.8) is 0 Å². The summed E-state index contributed by atoms with van der Waals surface area (Å²) >= 11 is 0. The normalized spacial score (nSPS) is 23.4. The molecule has 2 aromatic carbocycles. The fourth-order valence-corrected chi connectivity index (χ4v) is 5.37. The highest BCUT2D eigenvalue weighted by atomic mass is 35.5. The maximum Gasteiger partial charge on any atom is 0.254 e. The Morgan fingerprint density at radius 2 is 1.70 bits per heavy atom. The minimum atomic E-state index is -0.325. The molecular formula is C24H27ClFN3O. The molecule has 1 amide bonds. The number of rotatable bonds is 3. The van der Waals surface area contributed by atoms with E-state index in [1.807, 2.05) is 41.9 Å². The van der Waals surface area contributed by atoms with E-state index in [9.17, 15) is 9.18 Å². The monoisotopic (exact) mass is 427 g/mol. The summed E-state index contributed by atoms with van der Waals surface area (Å²) < 4.78 is 16.1. The van der Waals surface area contributed by atoms with Gasteiger partial charge in [0.1, 0.15) is 5.82 Å². The molecule has 0 saturated carbocycles. The molecule has 30 heavy (non-hydrogen) atoms. The summed E-state index contributed by atoms with van der Waals surface area (Å²) in [6, 6.07) is 15.8. The largest absolute Gasteiger partial charge is 0.349 e. The Morgan fingerprint density at radius 3 is 2.37 bits per heavy atom. The van der Waals surface area contributed by atoms with E-state index in [1.54, 1.807) is 6.07 Å². The maximum absolute atomic E-state index is 14.1. The third kappa shape index (κ3) is 3.40. The number of aryl methyl sites for hydroxylation is 1. The number of nitrogens with zero attached hydrogens (tertiary/aromatic N) is 2. The first-order valence-electron chi connectivity index (χ1n) is 10.4. The molecule has 0 radical (unpaired) electrons. The Morgan fingerprint density at radius 1 is 1.03 bits per heavy atom. The summed E-state index contributed by atoms with van der Waals surface area (Å²) in [5.74, 6) is -0.428. The average molecular weight is 428 g/mol. The van der Waals surface area contributed by atoms with Crippen LogP contribution in [-0.2, 0) is 7.05 Å². The minimum Gasteiger partial charge on any atom is -0.349 e. The molecule has 0 spiro atoms. The number of piperidine rings is 1. The summed E-state index contributed by atoms with van der Waals surface area (Å²) in [6.45, 7) is 0. The first-order chi connectivity index (χ1) is 14.0. The van der Waals surface area contributed by atoms with Crippen LogP contribution in [0.15, 0.2) is 48.5 Å². The zero-order valence-electron chi connectivity index (χ0n) is 17.3. The number of benzene rings is 2. The van der Waals surface area contributed by atoms with E-state index in [4.69, 9.17) is 0 Å². The quantitative estimate of drug-likeness (QED) is 0.654. The van der Waals surface area contributed by atoms with Crippen molar-refractivity contribution < 1.29 is 9.18 Å². The second kappa shape index (κ2) is 8.05. The van der Waals surface area contributed by atoms with Crippen LogP contribution in [0.3, 0.4) is 0 Å². The predicted octanol–water partition coefficient (Wildman–Crippen LogP) is 4.76. The van der Waals surface area contributed by atoms with E-state index in [2.05, 4.69) is 17.3 Å². The molecule has 2 aliphatic rings. The van der Waals surface area contributed by atoms with Gasteiger partial charge in [0.05, 0.1) is 11.3 Å². The molecule has 2 aliphatic heterocycles. The van der Waals surface area contributed by atoms with Crippen molar-refractivity contribution in [2.75, 3.05) is 7.05 Å². The number of nitrogens with one attached hydrogen (secondary N) is 1. The molecule has 5 rings (SSSR count). The third-order valence-corrected chi connectivity index (χ3v) is 6.87. The third-order valence-electron chi connectivity index (χ3n) is 6.87. The lowest BCUT2D eigenvalue weighted by Crippen LogP contribution is -2.48. The topological polar surface area (TPSA) is 37.3 Å². The second-order valence-corrected chi connectivity index (χ2v) is 8.50. The van der Waals surface area contributed by atoms with Crippen molar-refractivity contribution in [2.24, 2.45) is 7.05 Å². The van der Waals surface area contributed by atoms with E-state index < -0.39 is 0 Å². The SMILES string of the molecule is CN1[C@@H]2CC[C@H]1CC(NC(=O)c1c(-c3ccccc3)n(C)c3ccc(F)cc13)C2.Cl. The van der Waals surface area contributed by atoms with Crippen molar-refractivity contribution in [1.29, 1.82) is 0 Å². The summed E-state index contributed by atoms with van der Waals surface area (Å²) in [4.78, 5) is 16.0. The van der Waals surface area contributed by atoms with Gasteiger partial charge < -0.3 is 14.8 Å². The number of carbonyl (C=O) groups is 1. The summed E-state index contributed by atoms with van der Waals surface area (Å²) in [5.41, 5.74) is 3.22. The van der Waals surface area contributed by atoms with E-state index in [0.29, 0.717) is 23.0 Å². The van der Waals surface area contributed by atoms with E-state index >= 15 is 0 Å². The van der Waals surface area contributed by atoms with Crippen LogP contribution >= 0.6 is 12.4 Å². The lowest BCUT2D eigenvalue weighted by Gasteiger charge is -2.36. The molecule has 158 valence electrons. The Bertz CT molecular complexity index is 1070. The molecule has 2 saturated heterocycles. The van der Waals surface area contributed by atoms with Crippen LogP contribution in [0.25, 0.3) is 22.2 Å². The van der Waals surface area contributed by atoms with Crippen LogP contribution in [0.4, 0.5) is 4.39 Å². The number of hydrogen-bond donors (Lipinski definition) is 1. The fraction of sp³-hybridized carbons (Fsp3) is 0.375. The molecule has 1 unspecified atom stereocenters. The number of hydrogen-bond acceptors (Lipinski definition) is 2. The first-order valence-corrected chi connectivity index (χ1v) is 10.4. The number of halogens is 2. The van der Waals surface area contributed by atoms with E-state index in [-0.39, 0.29) is 30.2 Å². The highest BCUT2D eigenvalue weighted by Gasteiger charge is 2.39. The molecule has 3 heterocycles. The van der Waals surface area contributed by atoms with Gasteiger partial charge >= 0.3 is 0 Å². The first kappa shape index (κ1) is 20.9. The maximum atomic E-state index is 14.1. The lowest BCUT2D eigenvalue weighted by molar-refractivity contribution is 0.0884. The number of amides is 1. The Hall–Kier alpha value is -2.37. The van der Waals surface area contributed by atoms with Gasteiger partial charge in [-0.25, -0.2) is 4.39 Å². The molecule has 2 bridgehead atoms. The van der Waals surface area contributed by atoms with Gasteiger partial charge in [0.2, 0.25) is 0 Å².